The van der Waals surface area contributed by atoms with Crippen molar-refractivity contribution in [3.63, 3.8) is 0 Å². The summed E-state index contributed by atoms with van der Waals surface area (Å²) >= 11 is 1.46. The van der Waals surface area contributed by atoms with Crippen LogP contribution in [0.4, 0.5) is 0 Å². The van der Waals surface area contributed by atoms with Crippen molar-refractivity contribution in [3.8, 4) is 0 Å². The summed E-state index contributed by atoms with van der Waals surface area (Å²) in [5.74, 6) is -0.390. The number of rotatable bonds is 4. The van der Waals surface area contributed by atoms with Crippen LogP contribution in [0.2, 0.25) is 0 Å². The normalized spacial score (nSPS) is 15.5. The third kappa shape index (κ3) is 3.43. The Bertz CT molecular complexity index is 1230. The highest BCUT2D eigenvalue weighted by Gasteiger charge is 2.34. The van der Waals surface area contributed by atoms with Gasteiger partial charge in [0.2, 0.25) is 10.0 Å². The Morgan fingerprint density at radius 1 is 1.18 bits per heavy atom. The maximum absolute atomic E-state index is 12.6. The average molecular weight is 416 g/mol. The molecule has 146 valence electrons. The van der Waals surface area contributed by atoms with Crippen LogP contribution in [-0.2, 0) is 17.1 Å². The molecule has 0 atom stereocenters. The zero-order valence-corrected chi connectivity index (χ0v) is 17.5. The average Bonchev–Trinajstić information content (AvgIpc) is 3.47. The number of aryl methyl sites for hydroxylation is 2. The van der Waals surface area contributed by atoms with Gasteiger partial charge in [-0.15, -0.1) is 0 Å². The number of aromatic nitrogens is 1. The number of sulfonamides is 1. The molecule has 0 saturated heterocycles. The van der Waals surface area contributed by atoms with Gasteiger partial charge < -0.3 is 4.57 Å². The third-order valence-corrected chi connectivity index (χ3v) is 8.02. The van der Waals surface area contributed by atoms with Crippen molar-refractivity contribution >= 4 is 37.5 Å². The highest BCUT2D eigenvalue weighted by Crippen LogP contribution is 2.30. The molecule has 1 amide bonds. The minimum absolute atomic E-state index is 0.0953. The molecule has 0 unspecified atom stereocenters. The molecule has 0 N–H and O–H groups in total. The number of nitrogens with zero attached hydrogens (tertiary/aromatic N) is 3. The minimum atomic E-state index is -3.52. The Morgan fingerprint density at radius 3 is 2.50 bits per heavy atom. The van der Waals surface area contributed by atoms with Gasteiger partial charge in [0.1, 0.15) is 0 Å². The van der Waals surface area contributed by atoms with E-state index in [0.29, 0.717) is 10.4 Å². The lowest BCUT2D eigenvalue weighted by molar-refractivity contribution is 0.0998. The molecule has 0 aliphatic heterocycles. The van der Waals surface area contributed by atoms with Crippen LogP contribution >= 0.6 is 11.3 Å². The third-order valence-electron chi connectivity index (χ3n) is 5.00. The topological polar surface area (TPSA) is 71.7 Å². The van der Waals surface area contributed by atoms with Crippen molar-refractivity contribution in [1.29, 1.82) is 0 Å². The number of carbonyl (C=O) groups is 1. The van der Waals surface area contributed by atoms with Crippen LogP contribution in [0.15, 0.2) is 52.4 Å². The van der Waals surface area contributed by atoms with E-state index in [4.69, 9.17) is 0 Å². The number of benzene rings is 2. The molecule has 0 spiro atoms. The Kier molecular flexibility index (Phi) is 4.73. The molecule has 1 heterocycles. The molecule has 8 heteroatoms. The molecule has 1 saturated carbocycles. The lowest BCUT2D eigenvalue weighted by atomic mass is 10.2. The number of hydrogen-bond donors (Lipinski definition) is 0. The van der Waals surface area contributed by atoms with Crippen molar-refractivity contribution in [2.24, 2.45) is 12.0 Å². The van der Waals surface area contributed by atoms with Crippen LogP contribution in [0.25, 0.3) is 10.2 Å². The van der Waals surface area contributed by atoms with Crippen molar-refractivity contribution in [2.45, 2.75) is 30.7 Å². The van der Waals surface area contributed by atoms with Crippen LogP contribution in [0.1, 0.15) is 28.8 Å². The van der Waals surface area contributed by atoms with Crippen molar-refractivity contribution < 1.29 is 13.2 Å². The molecule has 4 rings (SSSR count). The predicted octanol–water partition coefficient (Wildman–Crippen LogP) is 3.07. The number of thiazole rings is 1. The quantitative estimate of drug-likeness (QED) is 0.657. The zero-order chi connectivity index (χ0) is 20.1. The molecule has 1 aliphatic carbocycles. The van der Waals surface area contributed by atoms with Gasteiger partial charge in [0.25, 0.3) is 5.91 Å². The number of carbonyl (C=O) groups excluding carboxylic acids is 1. The van der Waals surface area contributed by atoms with Crippen LogP contribution in [0.5, 0.6) is 0 Å². The van der Waals surface area contributed by atoms with E-state index in [1.807, 2.05) is 30.7 Å². The van der Waals surface area contributed by atoms with E-state index < -0.39 is 15.9 Å². The number of fused-ring (bicyclic) bond motifs is 1. The Hall–Kier alpha value is -2.29. The molecule has 3 aromatic rings. The van der Waals surface area contributed by atoms with Crippen LogP contribution in [0, 0.1) is 6.92 Å². The van der Waals surface area contributed by atoms with Gasteiger partial charge in [-0.05, 0) is 61.7 Å². The first-order valence-corrected chi connectivity index (χ1v) is 11.3. The van der Waals surface area contributed by atoms with Gasteiger partial charge in [0.15, 0.2) is 4.80 Å². The van der Waals surface area contributed by atoms with Gasteiger partial charge >= 0.3 is 0 Å². The highest BCUT2D eigenvalue weighted by molar-refractivity contribution is 7.89. The molecule has 0 bridgehead atoms. The number of hydrogen-bond acceptors (Lipinski definition) is 4. The molecule has 1 aliphatic rings. The van der Waals surface area contributed by atoms with Gasteiger partial charge in [-0.3, -0.25) is 4.79 Å². The highest BCUT2D eigenvalue weighted by atomic mass is 32.2. The molecule has 0 radical (unpaired) electrons. The van der Waals surface area contributed by atoms with Crippen LogP contribution in [-0.4, -0.2) is 36.3 Å². The zero-order valence-electron chi connectivity index (χ0n) is 15.9. The van der Waals surface area contributed by atoms with E-state index >= 15 is 0 Å². The van der Waals surface area contributed by atoms with Gasteiger partial charge in [-0.2, -0.15) is 9.30 Å². The SMILES string of the molecule is Cc1ccc2c(c1)sc(=NC(=O)c1ccc(S(=O)(=O)N(C)C3CC3)cc1)n2C. The van der Waals surface area contributed by atoms with E-state index in [0.717, 1.165) is 28.6 Å². The summed E-state index contributed by atoms with van der Waals surface area (Å²) in [6, 6.07) is 12.2. The molecular weight excluding hydrogens is 394 g/mol. The largest absolute Gasteiger partial charge is 0.319 e. The second-order valence-corrected chi connectivity index (χ2v) is 10.1. The smallest absolute Gasteiger partial charge is 0.279 e. The Morgan fingerprint density at radius 2 is 1.86 bits per heavy atom. The fourth-order valence-electron chi connectivity index (χ4n) is 3.07. The molecule has 1 aromatic heterocycles. The minimum Gasteiger partial charge on any atom is -0.319 e. The van der Waals surface area contributed by atoms with E-state index in [1.165, 1.54) is 39.9 Å². The monoisotopic (exact) mass is 415 g/mol. The second-order valence-electron chi connectivity index (χ2n) is 7.11. The molecule has 28 heavy (non-hydrogen) atoms. The first kappa shape index (κ1) is 19.0. The standard InChI is InChI=1S/C20H21N3O3S2/c1-13-4-11-17-18(12-13)27-20(22(17)2)21-19(24)14-5-9-16(10-6-14)28(25,26)23(3)15-7-8-15/h4-6,9-12,15H,7-8H2,1-3H3. The number of amides is 1. The van der Waals surface area contributed by atoms with E-state index in [2.05, 4.69) is 11.1 Å². The summed E-state index contributed by atoms with van der Waals surface area (Å²) < 4.78 is 29.5. The van der Waals surface area contributed by atoms with Crippen LogP contribution in [0.3, 0.4) is 0 Å². The van der Waals surface area contributed by atoms with Crippen molar-refractivity contribution in [2.75, 3.05) is 7.05 Å². The summed E-state index contributed by atoms with van der Waals surface area (Å²) in [5, 5.41) is 0. The predicted molar refractivity (Wildman–Crippen MR) is 110 cm³/mol. The first-order valence-electron chi connectivity index (χ1n) is 9.01. The Balaban J connectivity index is 1.64. The van der Waals surface area contributed by atoms with E-state index in [1.54, 1.807) is 7.05 Å². The summed E-state index contributed by atoms with van der Waals surface area (Å²) in [4.78, 5) is 17.6. The summed E-state index contributed by atoms with van der Waals surface area (Å²) in [5.41, 5.74) is 2.54. The van der Waals surface area contributed by atoms with Crippen molar-refractivity contribution in [1.82, 2.24) is 8.87 Å². The van der Waals surface area contributed by atoms with Gasteiger partial charge in [0, 0.05) is 25.7 Å². The fourth-order valence-corrected chi connectivity index (χ4v) is 5.60. The van der Waals surface area contributed by atoms with Gasteiger partial charge in [-0.1, -0.05) is 17.4 Å². The molecule has 2 aromatic carbocycles. The summed E-state index contributed by atoms with van der Waals surface area (Å²) in [6.07, 6.45) is 1.80. The van der Waals surface area contributed by atoms with E-state index in [9.17, 15) is 13.2 Å². The molecular formula is C20H21N3O3S2. The van der Waals surface area contributed by atoms with Crippen molar-refractivity contribution in [3.05, 3.63) is 58.4 Å². The first-order chi connectivity index (χ1) is 13.3. The molecule has 1 fully saturated rings. The Labute approximate surface area is 167 Å². The van der Waals surface area contributed by atoms with Crippen LogP contribution < -0.4 is 4.80 Å². The lowest BCUT2D eigenvalue weighted by Crippen LogP contribution is -2.28. The maximum Gasteiger partial charge on any atom is 0.279 e. The fraction of sp³-hybridized carbons (Fsp3) is 0.300. The second kappa shape index (κ2) is 6.95. The van der Waals surface area contributed by atoms with Gasteiger partial charge in [0.05, 0.1) is 15.1 Å². The van der Waals surface area contributed by atoms with Gasteiger partial charge in [-0.25, -0.2) is 8.42 Å². The maximum atomic E-state index is 12.6. The van der Waals surface area contributed by atoms with E-state index in [-0.39, 0.29) is 10.9 Å². The summed E-state index contributed by atoms with van der Waals surface area (Å²) in [6.45, 7) is 2.03. The lowest BCUT2D eigenvalue weighted by Gasteiger charge is -2.16. The summed E-state index contributed by atoms with van der Waals surface area (Å²) in [7, 11) is -0.0355. The molecule has 6 nitrogen and oxygen atoms in total.